The van der Waals surface area contributed by atoms with Crippen molar-refractivity contribution in [2.24, 2.45) is 0 Å². The Balaban J connectivity index is 2.24. The molecule has 0 aromatic heterocycles. The Morgan fingerprint density at radius 3 is 2.32 bits per heavy atom. The van der Waals surface area contributed by atoms with Crippen LogP contribution in [0.15, 0.2) is 11.8 Å². The third-order valence-corrected chi connectivity index (χ3v) is 3.61. The van der Waals surface area contributed by atoms with Crippen LogP contribution in [-0.2, 0) is 38.0 Å². The molecule has 8 nitrogen and oxygen atoms in total. The second kappa shape index (κ2) is 7.41. The maximum atomic E-state index is 12.0. The highest BCUT2D eigenvalue weighted by Gasteiger charge is 2.49. The fourth-order valence-electron chi connectivity index (χ4n) is 2.76. The van der Waals surface area contributed by atoms with Crippen LogP contribution in [-0.4, -0.2) is 55.0 Å². The summed E-state index contributed by atoms with van der Waals surface area (Å²) >= 11 is 0. The fourth-order valence-corrected chi connectivity index (χ4v) is 2.76. The Kier molecular flexibility index (Phi) is 5.88. The summed E-state index contributed by atoms with van der Waals surface area (Å²) in [6, 6.07) is 0. The van der Waals surface area contributed by atoms with Crippen LogP contribution in [0, 0.1) is 0 Å². The summed E-state index contributed by atoms with van der Waals surface area (Å²) in [5.74, 6) is -3.22. The fraction of sp³-hybridized carbons (Fsp3) is 0.765. The van der Waals surface area contributed by atoms with Gasteiger partial charge in [-0.25, -0.2) is 4.79 Å². The quantitative estimate of drug-likeness (QED) is 0.416. The first-order chi connectivity index (χ1) is 11.5. The molecule has 0 unspecified atom stereocenters. The summed E-state index contributed by atoms with van der Waals surface area (Å²) < 4.78 is 33.1. The molecule has 2 rings (SSSR count). The van der Waals surface area contributed by atoms with Crippen LogP contribution < -0.4 is 0 Å². The van der Waals surface area contributed by atoms with Crippen molar-refractivity contribution in [3.05, 3.63) is 11.8 Å². The lowest BCUT2D eigenvalue weighted by Crippen LogP contribution is -2.38. The molecule has 0 spiro atoms. The zero-order valence-corrected chi connectivity index (χ0v) is 15.5. The van der Waals surface area contributed by atoms with Gasteiger partial charge in [-0.15, -0.1) is 0 Å². The van der Waals surface area contributed by atoms with Crippen LogP contribution >= 0.6 is 0 Å². The van der Waals surface area contributed by atoms with Crippen molar-refractivity contribution in [2.45, 2.75) is 71.4 Å². The lowest BCUT2D eigenvalue weighted by molar-refractivity contribution is -0.174. The monoisotopic (exact) mass is 358 g/mol. The average Bonchev–Trinajstić information content (AvgIpc) is 2.97. The van der Waals surface area contributed by atoms with Crippen molar-refractivity contribution in [3.8, 4) is 0 Å². The third kappa shape index (κ3) is 5.24. The first-order valence-electron chi connectivity index (χ1n) is 8.28. The summed E-state index contributed by atoms with van der Waals surface area (Å²) in [4.78, 5) is 23.3. The summed E-state index contributed by atoms with van der Waals surface area (Å²) in [5, 5.41) is 0. The molecule has 0 aromatic rings. The molecular weight excluding hydrogens is 332 g/mol. The van der Waals surface area contributed by atoms with Gasteiger partial charge in [-0.2, -0.15) is 0 Å². The zero-order valence-electron chi connectivity index (χ0n) is 15.5. The molecule has 0 amide bonds. The number of carbonyl (C=O) groups is 2. The molecule has 0 N–H and O–H groups in total. The molecule has 0 saturated carbocycles. The van der Waals surface area contributed by atoms with Gasteiger partial charge in [0.05, 0.1) is 13.2 Å². The van der Waals surface area contributed by atoms with E-state index < -0.39 is 41.8 Å². The van der Waals surface area contributed by atoms with Gasteiger partial charge in [0.1, 0.15) is 18.3 Å². The average molecular weight is 358 g/mol. The predicted molar refractivity (Wildman–Crippen MR) is 85.2 cm³/mol. The Hall–Kier alpha value is -1.48. The van der Waals surface area contributed by atoms with Gasteiger partial charge in [0.15, 0.2) is 11.6 Å². The standard InChI is InChI=1S/C17H26O8/c1-7-20-15(19)12(22-10(2)18)8-11-14(25-17(5,6)23-11)13-9-21-16(3,4)24-13/h8,11,13-14H,7,9H2,1-6H3/b12-8+/t11-,13-,14+/m1/s1. The summed E-state index contributed by atoms with van der Waals surface area (Å²) in [6.07, 6.45) is -0.195. The van der Waals surface area contributed by atoms with E-state index in [1.165, 1.54) is 13.0 Å². The summed E-state index contributed by atoms with van der Waals surface area (Å²) in [7, 11) is 0. The molecule has 8 heteroatoms. The minimum absolute atomic E-state index is 0.155. The number of ether oxygens (including phenoxy) is 6. The molecule has 2 aliphatic rings. The lowest BCUT2D eigenvalue weighted by atomic mass is 10.1. The molecule has 0 aromatic carbocycles. The topological polar surface area (TPSA) is 89.5 Å². The van der Waals surface area contributed by atoms with Crippen molar-refractivity contribution in [1.82, 2.24) is 0 Å². The normalized spacial score (nSPS) is 31.0. The number of esters is 2. The van der Waals surface area contributed by atoms with Gasteiger partial charge in [-0.3, -0.25) is 4.79 Å². The number of hydrogen-bond acceptors (Lipinski definition) is 8. The van der Waals surface area contributed by atoms with Crippen LogP contribution in [0.4, 0.5) is 0 Å². The minimum Gasteiger partial charge on any atom is -0.460 e. The number of hydrogen-bond donors (Lipinski definition) is 0. The molecule has 2 fully saturated rings. The second-order valence-electron chi connectivity index (χ2n) is 6.78. The lowest BCUT2D eigenvalue weighted by Gasteiger charge is -2.23. The Labute approximate surface area is 147 Å². The number of rotatable bonds is 5. The van der Waals surface area contributed by atoms with E-state index in [4.69, 9.17) is 28.4 Å². The second-order valence-corrected chi connectivity index (χ2v) is 6.78. The summed E-state index contributed by atoms with van der Waals surface area (Å²) in [5.41, 5.74) is 0. The minimum atomic E-state index is -0.891. The molecule has 2 aliphatic heterocycles. The van der Waals surface area contributed by atoms with Crippen LogP contribution in [0.5, 0.6) is 0 Å². The first-order valence-corrected chi connectivity index (χ1v) is 8.28. The van der Waals surface area contributed by atoms with E-state index in [-0.39, 0.29) is 12.4 Å². The van der Waals surface area contributed by atoms with Gasteiger partial charge in [0.2, 0.25) is 5.76 Å². The molecule has 0 radical (unpaired) electrons. The van der Waals surface area contributed by atoms with Gasteiger partial charge in [0, 0.05) is 6.92 Å². The van der Waals surface area contributed by atoms with Gasteiger partial charge in [-0.1, -0.05) is 0 Å². The van der Waals surface area contributed by atoms with Gasteiger partial charge >= 0.3 is 11.9 Å². The SMILES string of the molecule is CCOC(=O)/C(=C\[C@H]1OC(C)(C)O[C@@H]1[C@H]1COC(C)(C)O1)OC(C)=O. The van der Waals surface area contributed by atoms with E-state index in [2.05, 4.69) is 0 Å². The van der Waals surface area contributed by atoms with Crippen molar-refractivity contribution in [1.29, 1.82) is 0 Å². The maximum Gasteiger partial charge on any atom is 0.374 e. The molecule has 0 aliphatic carbocycles. The Bertz CT molecular complexity index is 551. The zero-order chi connectivity index (χ0) is 18.8. The molecule has 2 saturated heterocycles. The van der Waals surface area contributed by atoms with E-state index in [9.17, 15) is 9.59 Å². The highest BCUT2D eigenvalue weighted by atomic mass is 16.8. The van der Waals surface area contributed by atoms with Crippen LogP contribution in [0.3, 0.4) is 0 Å². The van der Waals surface area contributed by atoms with Gasteiger partial charge in [0.25, 0.3) is 0 Å². The van der Waals surface area contributed by atoms with Gasteiger partial charge in [-0.05, 0) is 40.7 Å². The van der Waals surface area contributed by atoms with E-state index in [1.807, 2.05) is 13.8 Å². The Morgan fingerprint density at radius 1 is 1.12 bits per heavy atom. The molecule has 2 heterocycles. The van der Waals surface area contributed by atoms with E-state index in [1.54, 1.807) is 20.8 Å². The molecule has 142 valence electrons. The smallest absolute Gasteiger partial charge is 0.374 e. The maximum absolute atomic E-state index is 12.0. The predicted octanol–water partition coefficient (Wildman–Crippen LogP) is 1.67. The van der Waals surface area contributed by atoms with Gasteiger partial charge < -0.3 is 28.4 Å². The first kappa shape index (κ1) is 19.8. The Morgan fingerprint density at radius 2 is 1.80 bits per heavy atom. The van der Waals surface area contributed by atoms with Crippen molar-refractivity contribution >= 4 is 11.9 Å². The van der Waals surface area contributed by atoms with Crippen molar-refractivity contribution in [2.75, 3.05) is 13.2 Å². The summed E-state index contributed by atoms with van der Waals surface area (Å²) in [6.45, 7) is 10.5. The van der Waals surface area contributed by atoms with Crippen molar-refractivity contribution < 1.29 is 38.0 Å². The van der Waals surface area contributed by atoms with E-state index in [0.29, 0.717) is 6.61 Å². The van der Waals surface area contributed by atoms with E-state index >= 15 is 0 Å². The molecule has 0 bridgehead atoms. The molecule has 3 atom stereocenters. The van der Waals surface area contributed by atoms with E-state index in [0.717, 1.165) is 0 Å². The number of carbonyl (C=O) groups excluding carboxylic acids is 2. The van der Waals surface area contributed by atoms with Crippen LogP contribution in [0.1, 0.15) is 41.5 Å². The molecule has 25 heavy (non-hydrogen) atoms. The third-order valence-electron chi connectivity index (χ3n) is 3.61. The van der Waals surface area contributed by atoms with Crippen LogP contribution in [0.25, 0.3) is 0 Å². The highest BCUT2D eigenvalue weighted by molar-refractivity contribution is 5.89. The van der Waals surface area contributed by atoms with Crippen LogP contribution in [0.2, 0.25) is 0 Å². The molecular formula is C17H26O8. The largest absolute Gasteiger partial charge is 0.460 e. The highest BCUT2D eigenvalue weighted by Crippen LogP contribution is 2.36. The van der Waals surface area contributed by atoms with Crippen molar-refractivity contribution in [3.63, 3.8) is 0 Å².